The number of benzene rings is 1. The Hall–Kier alpha value is -2.08. The van der Waals surface area contributed by atoms with Crippen molar-refractivity contribution in [2.75, 3.05) is 0 Å². The standard InChI is InChI=1S/C26H30/c1-17-15-18(25(2,3)4)16-23(17)26(5,6)24-21-13-9-7-11-19(21)20-12-8-10-14-22(20)24/h7-14,16,19H,15H2,1-6H3. The van der Waals surface area contributed by atoms with E-state index in [-0.39, 0.29) is 10.8 Å². The van der Waals surface area contributed by atoms with E-state index in [1.54, 1.807) is 5.57 Å². The van der Waals surface area contributed by atoms with E-state index in [0.29, 0.717) is 5.92 Å². The van der Waals surface area contributed by atoms with E-state index >= 15 is 0 Å². The molecular weight excluding hydrogens is 312 g/mol. The predicted molar refractivity (Wildman–Crippen MR) is 113 cm³/mol. The van der Waals surface area contributed by atoms with E-state index in [2.05, 4.69) is 96.2 Å². The number of hydrogen-bond acceptors (Lipinski definition) is 0. The first kappa shape index (κ1) is 17.3. The summed E-state index contributed by atoms with van der Waals surface area (Å²) in [5.41, 5.74) is 10.7. The summed E-state index contributed by atoms with van der Waals surface area (Å²) >= 11 is 0. The van der Waals surface area contributed by atoms with Crippen LogP contribution in [0.4, 0.5) is 0 Å². The molecule has 1 atom stereocenters. The van der Waals surface area contributed by atoms with Gasteiger partial charge in [0.2, 0.25) is 0 Å². The van der Waals surface area contributed by atoms with Crippen LogP contribution in [0.25, 0.3) is 5.57 Å². The van der Waals surface area contributed by atoms with Crippen LogP contribution in [0.1, 0.15) is 65.0 Å². The summed E-state index contributed by atoms with van der Waals surface area (Å²) in [6, 6.07) is 8.99. The van der Waals surface area contributed by atoms with Crippen LogP contribution < -0.4 is 0 Å². The average molecular weight is 343 g/mol. The molecule has 3 aliphatic carbocycles. The SMILES string of the molecule is CC1=C(C(C)(C)C2=C3C=CC=CC3c3ccccc32)C=C(C(C)(C)C)C1. The topological polar surface area (TPSA) is 0 Å². The molecule has 0 N–H and O–H groups in total. The zero-order valence-corrected chi connectivity index (χ0v) is 17.0. The molecule has 0 fully saturated rings. The molecule has 1 unspecified atom stereocenters. The van der Waals surface area contributed by atoms with Gasteiger partial charge in [-0.1, -0.05) is 100 Å². The van der Waals surface area contributed by atoms with Gasteiger partial charge in [-0.25, -0.2) is 0 Å². The highest BCUT2D eigenvalue weighted by molar-refractivity contribution is 5.87. The second-order valence-corrected chi connectivity index (χ2v) is 9.55. The summed E-state index contributed by atoms with van der Waals surface area (Å²) < 4.78 is 0. The molecule has 3 aliphatic rings. The lowest BCUT2D eigenvalue weighted by Crippen LogP contribution is -2.17. The molecule has 26 heavy (non-hydrogen) atoms. The summed E-state index contributed by atoms with van der Waals surface area (Å²) in [5.74, 6) is 0.416. The van der Waals surface area contributed by atoms with Gasteiger partial charge in [-0.05, 0) is 46.6 Å². The molecule has 1 aromatic rings. The average Bonchev–Trinajstić information content (AvgIpc) is 3.13. The second-order valence-electron chi connectivity index (χ2n) is 9.55. The third kappa shape index (κ3) is 2.50. The van der Waals surface area contributed by atoms with Crippen molar-refractivity contribution in [2.24, 2.45) is 10.8 Å². The second kappa shape index (κ2) is 5.71. The lowest BCUT2D eigenvalue weighted by Gasteiger charge is -2.31. The van der Waals surface area contributed by atoms with Gasteiger partial charge in [0.25, 0.3) is 0 Å². The summed E-state index contributed by atoms with van der Waals surface area (Å²) in [6.07, 6.45) is 12.7. The van der Waals surface area contributed by atoms with E-state index in [9.17, 15) is 0 Å². The van der Waals surface area contributed by atoms with Gasteiger partial charge >= 0.3 is 0 Å². The van der Waals surface area contributed by atoms with E-state index in [1.807, 2.05) is 0 Å². The van der Waals surface area contributed by atoms with Gasteiger partial charge in [-0.2, -0.15) is 0 Å². The van der Waals surface area contributed by atoms with Crippen molar-refractivity contribution in [3.63, 3.8) is 0 Å². The molecule has 0 nitrogen and oxygen atoms in total. The smallest absolute Gasteiger partial charge is 0.0281 e. The quantitative estimate of drug-likeness (QED) is 0.526. The fourth-order valence-electron chi connectivity index (χ4n) is 4.96. The van der Waals surface area contributed by atoms with Gasteiger partial charge in [-0.15, -0.1) is 0 Å². The highest BCUT2D eigenvalue weighted by Gasteiger charge is 2.40. The van der Waals surface area contributed by atoms with Crippen molar-refractivity contribution in [1.29, 1.82) is 0 Å². The van der Waals surface area contributed by atoms with Crippen LogP contribution in [-0.2, 0) is 0 Å². The Balaban J connectivity index is 1.89. The van der Waals surface area contributed by atoms with Crippen LogP contribution in [0.2, 0.25) is 0 Å². The maximum atomic E-state index is 2.50. The van der Waals surface area contributed by atoms with Gasteiger partial charge in [0.05, 0.1) is 0 Å². The van der Waals surface area contributed by atoms with Crippen LogP contribution in [0.3, 0.4) is 0 Å². The van der Waals surface area contributed by atoms with E-state index in [1.165, 1.54) is 33.4 Å². The maximum Gasteiger partial charge on any atom is 0.0281 e. The van der Waals surface area contributed by atoms with E-state index < -0.39 is 0 Å². The molecule has 0 saturated heterocycles. The predicted octanol–water partition coefficient (Wildman–Crippen LogP) is 7.38. The Kier molecular flexibility index (Phi) is 3.81. The minimum absolute atomic E-state index is 0.00674. The number of rotatable bonds is 2. The van der Waals surface area contributed by atoms with Crippen molar-refractivity contribution in [3.05, 3.63) is 88.1 Å². The maximum absolute atomic E-state index is 2.50. The minimum Gasteiger partial charge on any atom is -0.0726 e. The molecule has 4 rings (SSSR count). The fraction of sp³-hybridized carbons (Fsp3) is 0.385. The lowest BCUT2D eigenvalue weighted by molar-refractivity contribution is 0.494. The number of allylic oxidation sites excluding steroid dienone is 10. The lowest BCUT2D eigenvalue weighted by atomic mass is 9.72. The van der Waals surface area contributed by atoms with Crippen molar-refractivity contribution in [3.8, 4) is 0 Å². The molecule has 0 heteroatoms. The number of hydrogen-bond donors (Lipinski definition) is 0. The summed E-state index contributed by atoms with van der Waals surface area (Å²) in [4.78, 5) is 0. The molecule has 1 aromatic carbocycles. The molecule has 0 bridgehead atoms. The van der Waals surface area contributed by atoms with Gasteiger partial charge < -0.3 is 0 Å². The van der Waals surface area contributed by atoms with Gasteiger partial charge in [0.15, 0.2) is 0 Å². The van der Waals surface area contributed by atoms with Crippen LogP contribution in [-0.4, -0.2) is 0 Å². The van der Waals surface area contributed by atoms with Crippen molar-refractivity contribution >= 4 is 5.57 Å². The first-order valence-corrected chi connectivity index (χ1v) is 9.81. The molecular formula is C26H30. The molecule has 0 aromatic heterocycles. The van der Waals surface area contributed by atoms with E-state index in [4.69, 9.17) is 0 Å². The van der Waals surface area contributed by atoms with Crippen LogP contribution in [0.5, 0.6) is 0 Å². The highest BCUT2D eigenvalue weighted by atomic mass is 14.4. The fourth-order valence-corrected chi connectivity index (χ4v) is 4.96. The molecule has 0 amide bonds. The van der Waals surface area contributed by atoms with Crippen LogP contribution in [0, 0.1) is 10.8 Å². The normalized spacial score (nSPS) is 22.1. The molecule has 0 radical (unpaired) electrons. The van der Waals surface area contributed by atoms with Gasteiger partial charge in [0, 0.05) is 11.3 Å². The summed E-state index contributed by atoms with van der Waals surface area (Å²) in [5, 5.41) is 0. The van der Waals surface area contributed by atoms with Crippen LogP contribution >= 0.6 is 0 Å². The largest absolute Gasteiger partial charge is 0.0726 e. The minimum atomic E-state index is 0.00674. The van der Waals surface area contributed by atoms with Crippen LogP contribution in [0.15, 0.2) is 76.9 Å². The summed E-state index contributed by atoms with van der Waals surface area (Å²) in [6.45, 7) is 14.2. The van der Waals surface area contributed by atoms with Crippen molar-refractivity contribution < 1.29 is 0 Å². The van der Waals surface area contributed by atoms with E-state index in [0.717, 1.165) is 6.42 Å². The number of fused-ring (bicyclic) bond motifs is 3. The summed E-state index contributed by atoms with van der Waals surface area (Å²) in [7, 11) is 0. The van der Waals surface area contributed by atoms with Gasteiger partial charge in [-0.3, -0.25) is 0 Å². The Morgan fingerprint density at radius 3 is 2.38 bits per heavy atom. The zero-order chi connectivity index (χ0) is 18.7. The van der Waals surface area contributed by atoms with Gasteiger partial charge in [0.1, 0.15) is 0 Å². The first-order chi connectivity index (χ1) is 12.2. The molecule has 134 valence electrons. The first-order valence-electron chi connectivity index (χ1n) is 9.81. The Morgan fingerprint density at radius 1 is 0.962 bits per heavy atom. The molecule has 0 heterocycles. The monoisotopic (exact) mass is 342 g/mol. The molecule has 0 aliphatic heterocycles. The van der Waals surface area contributed by atoms with Crippen molar-refractivity contribution in [1.82, 2.24) is 0 Å². The molecule has 0 saturated carbocycles. The molecule has 0 spiro atoms. The Morgan fingerprint density at radius 2 is 1.69 bits per heavy atom. The highest BCUT2D eigenvalue weighted by Crippen LogP contribution is 2.56. The van der Waals surface area contributed by atoms with Crippen molar-refractivity contribution in [2.45, 2.75) is 53.9 Å². The third-order valence-corrected chi connectivity index (χ3v) is 6.38. The Labute approximate surface area is 158 Å². The zero-order valence-electron chi connectivity index (χ0n) is 17.0. The Bertz CT molecular complexity index is 917. The third-order valence-electron chi connectivity index (χ3n) is 6.38.